The lowest BCUT2D eigenvalue weighted by molar-refractivity contribution is -0.274. The largest absolute Gasteiger partial charge is 0.573 e. The first-order valence-corrected chi connectivity index (χ1v) is 12.9. The normalized spacial score (nSPS) is 18.6. The average molecular weight is 510 g/mol. The molecular weight excluding hydrogens is 479 g/mol. The Labute approximate surface area is 214 Å². The van der Waals surface area contributed by atoms with Crippen LogP contribution in [0.1, 0.15) is 64.5 Å². The molecule has 2 fully saturated rings. The van der Waals surface area contributed by atoms with Crippen LogP contribution in [-0.4, -0.2) is 30.3 Å². The summed E-state index contributed by atoms with van der Waals surface area (Å²) >= 11 is 0. The van der Waals surface area contributed by atoms with E-state index in [2.05, 4.69) is 44.2 Å². The highest BCUT2D eigenvalue weighted by atomic mass is 19.4. The average Bonchev–Trinajstić information content (AvgIpc) is 3.26. The van der Waals surface area contributed by atoms with Crippen molar-refractivity contribution in [2.45, 2.75) is 57.3 Å². The number of hydrogen-bond acceptors (Lipinski definition) is 3. The molecule has 3 aromatic rings. The molecule has 0 atom stereocenters. The second-order valence-electron chi connectivity index (χ2n) is 10.8. The van der Waals surface area contributed by atoms with Crippen molar-refractivity contribution in [2.24, 2.45) is 5.41 Å². The molecule has 1 saturated heterocycles. The number of nitrogens with zero attached hydrogens (tertiary/aromatic N) is 1. The molecule has 37 heavy (non-hydrogen) atoms. The van der Waals surface area contributed by atoms with Crippen LogP contribution in [-0.2, 0) is 19.4 Å². The molecule has 2 N–H and O–H groups in total. The number of ether oxygens (including phenoxy) is 1. The number of halogens is 3. The molecule has 194 valence electrons. The highest BCUT2D eigenvalue weighted by Crippen LogP contribution is 2.56. The SMILES string of the molecule is O=C(NCc1ccc(N2CC3(CC(c4ccc(OC(F)(F)F)cc4)C3)C2)cc1)c1cc2c([nH]1)CCCC2. The summed E-state index contributed by atoms with van der Waals surface area (Å²) in [6, 6.07) is 16.6. The monoisotopic (exact) mass is 509 g/mol. The van der Waals surface area contributed by atoms with Gasteiger partial charge < -0.3 is 19.9 Å². The summed E-state index contributed by atoms with van der Waals surface area (Å²) in [4.78, 5) is 18.2. The molecule has 1 spiro atoms. The maximum Gasteiger partial charge on any atom is 0.573 e. The van der Waals surface area contributed by atoms with E-state index in [-0.39, 0.29) is 11.7 Å². The van der Waals surface area contributed by atoms with E-state index in [0.717, 1.165) is 49.9 Å². The molecule has 8 heteroatoms. The van der Waals surface area contributed by atoms with Crippen LogP contribution in [0.4, 0.5) is 18.9 Å². The number of carbonyl (C=O) groups excluding carboxylic acids is 1. The summed E-state index contributed by atoms with van der Waals surface area (Å²) in [5.74, 6) is 0.148. The number of fused-ring (bicyclic) bond motifs is 1. The van der Waals surface area contributed by atoms with E-state index in [0.29, 0.717) is 23.6 Å². The minimum atomic E-state index is -4.66. The van der Waals surface area contributed by atoms with Crippen LogP contribution in [0.2, 0.25) is 0 Å². The lowest BCUT2D eigenvalue weighted by Gasteiger charge is -2.60. The van der Waals surface area contributed by atoms with Crippen LogP contribution in [0.15, 0.2) is 54.6 Å². The molecule has 1 saturated carbocycles. The van der Waals surface area contributed by atoms with Crippen LogP contribution in [0.3, 0.4) is 0 Å². The standard InChI is InChI=1S/C29H30F3N3O2/c30-29(31,32)37-24-11-7-20(8-12-24)22-14-28(15-22)17-35(18-28)23-9-5-19(6-10-23)16-33-27(36)26-13-21-3-1-2-4-25(21)34-26/h5-13,22,34H,1-4,14-18H2,(H,33,36). The minimum Gasteiger partial charge on any atom is -0.406 e. The van der Waals surface area contributed by atoms with Crippen molar-refractivity contribution < 1.29 is 22.7 Å². The second kappa shape index (κ2) is 9.15. The fourth-order valence-electron chi connectivity index (χ4n) is 6.20. The summed E-state index contributed by atoms with van der Waals surface area (Å²) in [7, 11) is 0. The van der Waals surface area contributed by atoms with Gasteiger partial charge in [-0.05, 0) is 91.5 Å². The summed E-state index contributed by atoms with van der Waals surface area (Å²) in [5.41, 5.74) is 6.75. The van der Waals surface area contributed by atoms with Gasteiger partial charge in [0.25, 0.3) is 5.91 Å². The Hall–Kier alpha value is -3.42. The Balaban J connectivity index is 0.965. The Morgan fingerprint density at radius 2 is 1.73 bits per heavy atom. The number of H-pyrrole nitrogens is 1. The van der Waals surface area contributed by atoms with E-state index in [1.165, 1.54) is 41.9 Å². The van der Waals surface area contributed by atoms with E-state index in [9.17, 15) is 18.0 Å². The van der Waals surface area contributed by atoms with E-state index in [4.69, 9.17) is 0 Å². The Morgan fingerprint density at radius 3 is 2.41 bits per heavy atom. The molecule has 0 unspecified atom stereocenters. The predicted octanol–water partition coefficient (Wildman–Crippen LogP) is 6.11. The molecule has 1 aromatic heterocycles. The molecule has 2 heterocycles. The lowest BCUT2D eigenvalue weighted by Crippen LogP contribution is -2.61. The third kappa shape index (κ3) is 5.06. The molecule has 5 nitrogen and oxygen atoms in total. The Bertz CT molecular complexity index is 1240. The van der Waals surface area contributed by atoms with E-state index in [1.54, 1.807) is 12.1 Å². The number of aryl methyl sites for hydroxylation is 2. The van der Waals surface area contributed by atoms with Crippen molar-refractivity contribution in [1.82, 2.24) is 10.3 Å². The zero-order valence-corrected chi connectivity index (χ0v) is 20.5. The summed E-state index contributed by atoms with van der Waals surface area (Å²) in [6.45, 7) is 2.47. The number of aromatic amines is 1. The maximum absolute atomic E-state index is 12.6. The Morgan fingerprint density at radius 1 is 1.03 bits per heavy atom. The quantitative estimate of drug-likeness (QED) is 0.422. The van der Waals surface area contributed by atoms with Gasteiger partial charge in [0.05, 0.1) is 0 Å². The van der Waals surface area contributed by atoms with E-state index >= 15 is 0 Å². The number of anilines is 1. The van der Waals surface area contributed by atoms with Gasteiger partial charge in [0.2, 0.25) is 0 Å². The molecule has 3 aliphatic rings. The van der Waals surface area contributed by atoms with Crippen molar-refractivity contribution in [3.63, 3.8) is 0 Å². The number of carbonyl (C=O) groups is 1. The van der Waals surface area contributed by atoms with Crippen molar-refractivity contribution in [3.05, 3.63) is 82.7 Å². The highest BCUT2D eigenvalue weighted by Gasteiger charge is 2.52. The predicted molar refractivity (Wildman–Crippen MR) is 135 cm³/mol. The molecule has 2 aromatic carbocycles. The molecule has 6 rings (SSSR count). The zero-order valence-electron chi connectivity index (χ0n) is 20.5. The van der Waals surface area contributed by atoms with Crippen LogP contribution in [0.25, 0.3) is 0 Å². The molecule has 2 aliphatic carbocycles. The second-order valence-corrected chi connectivity index (χ2v) is 10.8. The number of alkyl halides is 3. The Kier molecular flexibility index (Phi) is 5.92. The summed E-state index contributed by atoms with van der Waals surface area (Å²) in [5, 5.41) is 3.02. The van der Waals surface area contributed by atoms with Crippen LogP contribution < -0.4 is 15.0 Å². The fraction of sp³-hybridized carbons (Fsp3) is 0.414. The van der Waals surface area contributed by atoms with Crippen molar-refractivity contribution in [1.29, 1.82) is 0 Å². The summed E-state index contributed by atoms with van der Waals surface area (Å²) in [6.07, 6.45) is 1.88. The van der Waals surface area contributed by atoms with E-state index in [1.807, 2.05) is 6.07 Å². The minimum absolute atomic E-state index is 0.0646. The third-order valence-corrected chi connectivity index (χ3v) is 8.11. The van der Waals surface area contributed by atoms with Gasteiger partial charge in [-0.1, -0.05) is 24.3 Å². The van der Waals surface area contributed by atoms with Gasteiger partial charge in [-0.15, -0.1) is 13.2 Å². The number of aromatic nitrogens is 1. The first kappa shape index (κ1) is 23.9. The number of amides is 1. The number of benzene rings is 2. The molecule has 1 aliphatic heterocycles. The van der Waals surface area contributed by atoms with Crippen molar-refractivity contribution in [3.8, 4) is 5.75 Å². The molecule has 0 bridgehead atoms. The van der Waals surface area contributed by atoms with Gasteiger partial charge >= 0.3 is 6.36 Å². The first-order valence-electron chi connectivity index (χ1n) is 12.9. The van der Waals surface area contributed by atoms with Crippen LogP contribution >= 0.6 is 0 Å². The molecular formula is C29H30F3N3O2. The first-order chi connectivity index (χ1) is 17.8. The fourth-order valence-corrected chi connectivity index (χ4v) is 6.20. The number of nitrogens with one attached hydrogen (secondary N) is 2. The van der Waals surface area contributed by atoms with Gasteiger partial charge in [-0.3, -0.25) is 4.79 Å². The van der Waals surface area contributed by atoms with Crippen molar-refractivity contribution >= 4 is 11.6 Å². The van der Waals surface area contributed by atoms with Crippen LogP contribution in [0.5, 0.6) is 5.75 Å². The zero-order chi connectivity index (χ0) is 25.6. The van der Waals surface area contributed by atoms with E-state index < -0.39 is 6.36 Å². The van der Waals surface area contributed by atoms with Crippen molar-refractivity contribution in [2.75, 3.05) is 18.0 Å². The smallest absolute Gasteiger partial charge is 0.406 e. The number of rotatable bonds is 6. The summed E-state index contributed by atoms with van der Waals surface area (Å²) < 4.78 is 41.0. The molecule has 0 radical (unpaired) electrons. The lowest BCUT2D eigenvalue weighted by atomic mass is 9.56. The molecule has 1 amide bonds. The van der Waals surface area contributed by atoms with Gasteiger partial charge in [0, 0.05) is 36.4 Å². The maximum atomic E-state index is 12.6. The third-order valence-electron chi connectivity index (χ3n) is 8.11. The van der Waals surface area contributed by atoms with Gasteiger partial charge in [-0.2, -0.15) is 0 Å². The highest BCUT2D eigenvalue weighted by molar-refractivity contribution is 5.92. The topological polar surface area (TPSA) is 57.4 Å². The van der Waals surface area contributed by atoms with Gasteiger partial charge in [0.15, 0.2) is 0 Å². The number of hydrogen-bond donors (Lipinski definition) is 2. The van der Waals surface area contributed by atoms with Gasteiger partial charge in [-0.25, -0.2) is 0 Å². The van der Waals surface area contributed by atoms with Crippen LogP contribution in [0, 0.1) is 5.41 Å². The van der Waals surface area contributed by atoms with Gasteiger partial charge in [0.1, 0.15) is 11.4 Å².